The molecule has 0 amide bonds. The number of rotatable bonds is 9. The number of hydrogen-bond donors (Lipinski definition) is 1. The normalized spacial score (nSPS) is 12.9. The summed E-state index contributed by atoms with van der Waals surface area (Å²) < 4.78 is 5.01. The molecule has 1 aromatic rings. The number of hydrogen-bond acceptors (Lipinski definition) is 3. The van der Waals surface area contributed by atoms with Gasteiger partial charge < -0.3 is 10.1 Å². The lowest BCUT2D eigenvalue weighted by molar-refractivity contribution is 0.198. The first-order valence-corrected chi connectivity index (χ1v) is 7.35. The Morgan fingerprint density at radius 1 is 1.35 bits per heavy atom. The number of methoxy groups -OCH3 is 1. The third-order valence-electron chi connectivity index (χ3n) is 2.93. The highest BCUT2D eigenvalue weighted by Gasteiger charge is 2.04. The Bertz CT molecular complexity index is 298. The minimum absolute atomic E-state index is 0.735. The van der Waals surface area contributed by atoms with Crippen molar-refractivity contribution < 1.29 is 4.74 Å². The zero-order valence-electron chi connectivity index (χ0n) is 11.3. The highest BCUT2D eigenvalue weighted by atomic mass is 32.1. The lowest BCUT2D eigenvalue weighted by atomic mass is 10.1. The molecule has 0 saturated carbocycles. The van der Waals surface area contributed by atoms with Gasteiger partial charge in [0, 0.05) is 23.4 Å². The Labute approximate surface area is 109 Å². The van der Waals surface area contributed by atoms with Gasteiger partial charge in [0.2, 0.25) is 0 Å². The second-order valence-corrected chi connectivity index (χ2v) is 5.82. The van der Waals surface area contributed by atoms with E-state index in [0.29, 0.717) is 0 Å². The second-order valence-electron chi connectivity index (χ2n) is 4.56. The molecule has 3 heteroatoms. The second kappa shape index (κ2) is 8.67. The Morgan fingerprint density at radius 2 is 2.12 bits per heavy atom. The summed E-state index contributed by atoms with van der Waals surface area (Å²) in [7, 11) is 1.74. The minimum atomic E-state index is 0.735. The SMILES string of the molecule is CCc1ccc(CCC(C)CNCCOC)s1. The average Bonchev–Trinajstić information content (AvgIpc) is 2.80. The van der Waals surface area contributed by atoms with Crippen molar-refractivity contribution in [2.45, 2.75) is 33.1 Å². The monoisotopic (exact) mass is 255 g/mol. The average molecular weight is 255 g/mol. The molecule has 0 fully saturated rings. The van der Waals surface area contributed by atoms with Gasteiger partial charge in [0.1, 0.15) is 0 Å². The van der Waals surface area contributed by atoms with Gasteiger partial charge in [0.05, 0.1) is 6.61 Å². The van der Waals surface area contributed by atoms with E-state index in [2.05, 4.69) is 31.3 Å². The smallest absolute Gasteiger partial charge is 0.0587 e. The molecule has 1 N–H and O–H groups in total. The molecule has 1 heterocycles. The van der Waals surface area contributed by atoms with Gasteiger partial charge in [0.25, 0.3) is 0 Å². The minimum Gasteiger partial charge on any atom is -0.383 e. The van der Waals surface area contributed by atoms with Crippen LogP contribution in [0.2, 0.25) is 0 Å². The quantitative estimate of drug-likeness (QED) is 0.685. The Balaban J connectivity index is 2.12. The molecule has 17 heavy (non-hydrogen) atoms. The number of aryl methyl sites for hydroxylation is 2. The zero-order chi connectivity index (χ0) is 12.5. The van der Waals surface area contributed by atoms with Crippen molar-refractivity contribution in [2.24, 2.45) is 5.92 Å². The molecule has 98 valence electrons. The van der Waals surface area contributed by atoms with Gasteiger partial charge in [0.15, 0.2) is 0 Å². The van der Waals surface area contributed by atoms with Crippen molar-refractivity contribution in [3.05, 3.63) is 21.9 Å². The maximum absolute atomic E-state index is 5.01. The van der Waals surface area contributed by atoms with Gasteiger partial charge in [-0.05, 0) is 43.9 Å². The molecular formula is C14H25NOS. The van der Waals surface area contributed by atoms with Gasteiger partial charge in [-0.15, -0.1) is 11.3 Å². The summed E-state index contributed by atoms with van der Waals surface area (Å²) in [5.74, 6) is 0.735. The van der Waals surface area contributed by atoms with Crippen LogP contribution in [0.3, 0.4) is 0 Å². The third-order valence-corrected chi connectivity index (χ3v) is 4.21. The molecule has 0 saturated heterocycles. The van der Waals surface area contributed by atoms with Gasteiger partial charge in [-0.3, -0.25) is 0 Å². The van der Waals surface area contributed by atoms with Crippen LogP contribution in [-0.4, -0.2) is 26.8 Å². The van der Waals surface area contributed by atoms with Crippen molar-refractivity contribution >= 4 is 11.3 Å². The molecule has 2 nitrogen and oxygen atoms in total. The van der Waals surface area contributed by atoms with Gasteiger partial charge in [-0.2, -0.15) is 0 Å². The van der Waals surface area contributed by atoms with E-state index in [4.69, 9.17) is 4.74 Å². The number of thiophene rings is 1. The molecule has 0 spiro atoms. The first-order chi connectivity index (χ1) is 8.26. The third kappa shape index (κ3) is 6.20. The predicted octanol–water partition coefficient (Wildman–Crippen LogP) is 3.12. The summed E-state index contributed by atoms with van der Waals surface area (Å²) in [6, 6.07) is 4.55. The molecule has 1 atom stereocenters. The molecule has 0 aliphatic rings. The van der Waals surface area contributed by atoms with Crippen molar-refractivity contribution in [3.8, 4) is 0 Å². The first kappa shape index (κ1) is 14.7. The Morgan fingerprint density at radius 3 is 2.76 bits per heavy atom. The van der Waals surface area contributed by atoms with E-state index >= 15 is 0 Å². The van der Waals surface area contributed by atoms with E-state index in [0.717, 1.165) is 25.6 Å². The van der Waals surface area contributed by atoms with Gasteiger partial charge >= 0.3 is 0 Å². The van der Waals surface area contributed by atoms with Crippen LogP contribution >= 0.6 is 11.3 Å². The van der Waals surface area contributed by atoms with Crippen molar-refractivity contribution in [1.82, 2.24) is 5.32 Å². The van der Waals surface area contributed by atoms with Crippen molar-refractivity contribution in [1.29, 1.82) is 0 Å². The van der Waals surface area contributed by atoms with Crippen LogP contribution in [0.15, 0.2) is 12.1 Å². The highest BCUT2D eigenvalue weighted by Crippen LogP contribution is 2.19. The summed E-state index contributed by atoms with van der Waals surface area (Å²) in [4.78, 5) is 3.04. The summed E-state index contributed by atoms with van der Waals surface area (Å²) in [5.41, 5.74) is 0. The van der Waals surface area contributed by atoms with Crippen LogP contribution in [-0.2, 0) is 17.6 Å². The molecule has 0 aliphatic carbocycles. The molecular weight excluding hydrogens is 230 g/mol. The fourth-order valence-electron chi connectivity index (χ4n) is 1.76. The van der Waals surface area contributed by atoms with Crippen LogP contribution in [0, 0.1) is 5.92 Å². The molecule has 1 rings (SSSR count). The molecule has 0 bridgehead atoms. The maximum atomic E-state index is 5.01. The molecule has 0 aliphatic heterocycles. The standard InChI is InChI=1S/C14H25NOS/c1-4-13-7-8-14(17-13)6-5-12(2)11-15-9-10-16-3/h7-8,12,15H,4-6,9-11H2,1-3H3. The molecule has 0 aromatic carbocycles. The largest absolute Gasteiger partial charge is 0.383 e. The van der Waals surface area contributed by atoms with Crippen molar-refractivity contribution in [2.75, 3.05) is 26.8 Å². The van der Waals surface area contributed by atoms with Crippen LogP contribution in [0.5, 0.6) is 0 Å². The van der Waals surface area contributed by atoms with E-state index in [-0.39, 0.29) is 0 Å². The maximum Gasteiger partial charge on any atom is 0.0587 e. The highest BCUT2D eigenvalue weighted by molar-refractivity contribution is 7.11. The lowest BCUT2D eigenvalue weighted by Gasteiger charge is -2.11. The topological polar surface area (TPSA) is 21.3 Å². The Kier molecular flexibility index (Phi) is 7.49. The molecule has 0 radical (unpaired) electrons. The predicted molar refractivity (Wildman–Crippen MR) is 75.9 cm³/mol. The molecule has 1 unspecified atom stereocenters. The fraction of sp³-hybridized carbons (Fsp3) is 0.714. The fourth-order valence-corrected chi connectivity index (χ4v) is 2.73. The molecule has 1 aromatic heterocycles. The van der Waals surface area contributed by atoms with Gasteiger partial charge in [-0.25, -0.2) is 0 Å². The first-order valence-electron chi connectivity index (χ1n) is 6.53. The van der Waals surface area contributed by atoms with E-state index in [1.807, 2.05) is 11.3 Å². The zero-order valence-corrected chi connectivity index (χ0v) is 12.1. The van der Waals surface area contributed by atoms with Crippen LogP contribution in [0.1, 0.15) is 30.0 Å². The summed E-state index contributed by atoms with van der Waals surface area (Å²) in [6.07, 6.45) is 3.65. The van der Waals surface area contributed by atoms with Crippen molar-refractivity contribution in [3.63, 3.8) is 0 Å². The van der Waals surface area contributed by atoms with E-state index in [1.54, 1.807) is 7.11 Å². The lowest BCUT2D eigenvalue weighted by Crippen LogP contribution is -2.25. The number of nitrogens with one attached hydrogen (secondary N) is 1. The number of ether oxygens (including phenoxy) is 1. The van der Waals surface area contributed by atoms with E-state index in [9.17, 15) is 0 Å². The summed E-state index contributed by atoms with van der Waals surface area (Å²) >= 11 is 1.97. The van der Waals surface area contributed by atoms with E-state index in [1.165, 1.54) is 29.0 Å². The van der Waals surface area contributed by atoms with Crippen LogP contribution in [0.25, 0.3) is 0 Å². The van der Waals surface area contributed by atoms with Crippen LogP contribution in [0.4, 0.5) is 0 Å². The van der Waals surface area contributed by atoms with Crippen LogP contribution < -0.4 is 5.32 Å². The summed E-state index contributed by atoms with van der Waals surface area (Å²) in [6.45, 7) is 7.39. The van der Waals surface area contributed by atoms with Gasteiger partial charge in [-0.1, -0.05) is 13.8 Å². The Hall–Kier alpha value is -0.380. The summed E-state index contributed by atoms with van der Waals surface area (Å²) in [5, 5.41) is 3.42. The van der Waals surface area contributed by atoms with E-state index < -0.39 is 0 Å².